The highest BCUT2D eigenvalue weighted by atomic mass is 35.5. The first kappa shape index (κ1) is 89.9. The summed E-state index contributed by atoms with van der Waals surface area (Å²) in [6.07, 6.45) is 18.4. The predicted octanol–water partition coefficient (Wildman–Crippen LogP) is 13.2. The molecular weight excluding hydrogens is 1600 g/mol. The summed E-state index contributed by atoms with van der Waals surface area (Å²) in [5, 5.41) is 20.5. The Labute approximate surface area is 685 Å². The number of hydrogen-bond donors (Lipinski definition) is 6. The van der Waals surface area contributed by atoms with Gasteiger partial charge in [0.05, 0.1) is 62.3 Å². The van der Waals surface area contributed by atoms with Crippen LogP contribution in [0.4, 0.5) is 17.4 Å². The number of ether oxygens (including phenoxy) is 2. The summed E-state index contributed by atoms with van der Waals surface area (Å²) >= 11 is 14.6. The molecular formula is C77H100ClN15O11S8. The third-order valence-corrected chi connectivity index (χ3v) is 28.6. The highest BCUT2D eigenvalue weighted by Gasteiger charge is 2.31. The second kappa shape index (κ2) is 47.3. The number of nitrogens with one attached hydrogen (secondary N) is 6. The summed E-state index contributed by atoms with van der Waals surface area (Å²) in [5.74, 6) is 0.104. The molecule has 3 saturated heterocycles. The molecule has 10 aromatic rings. The Balaban J connectivity index is 0.000000169. The number of anilines is 3. The molecule has 0 saturated carbocycles. The van der Waals surface area contributed by atoms with Gasteiger partial charge >= 0.3 is 6.01 Å². The molecule has 35 heteroatoms. The summed E-state index contributed by atoms with van der Waals surface area (Å²) in [6, 6.07) is 24.5. The quantitative estimate of drug-likeness (QED) is 0.0144. The fourth-order valence-electron chi connectivity index (χ4n) is 11.3. The maximum Gasteiger partial charge on any atom is 0.319 e. The molecule has 0 aromatic carbocycles. The number of piperidine rings is 1. The molecule has 0 radical (unpaired) electrons. The van der Waals surface area contributed by atoms with Crippen molar-refractivity contribution in [1.82, 2.24) is 61.4 Å². The van der Waals surface area contributed by atoms with E-state index in [9.17, 15) is 36.0 Å². The predicted molar refractivity (Wildman–Crippen MR) is 451 cm³/mol. The van der Waals surface area contributed by atoms with Crippen LogP contribution in [0, 0.1) is 48.5 Å². The lowest BCUT2D eigenvalue weighted by Gasteiger charge is -2.32. The van der Waals surface area contributed by atoms with Crippen molar-refractivity contribution in [2.75, 3.05) is 126 Å². The van der Waals surface area contributed by atoms with Gasteiger partial charge in [-0.1, -0.05) is 23.6 Å². The lowest BCUT2D eigenvalue weighted by Crippen LogP contribution is -2.45. The second-order valence-electron chi connectivity index (χ2n) is 26.0. The van der Waals surface area contributed by atoms with Gasteiger partial charge in [-0.2, -0.15) is 0 Å². The molecule has 0 unspecified atom stereocenters. The van der Waals surface area contributed by atoms with Crippen molar-refractivity contribution in [1.29, 1.82) is 0 Å². The molecule has 112 heavy (non-hydrogen) atoms. The summed E-state index contributed by atoms with van der Waals surface area (Å²) in [7, 11) is -6.71. The zero-order valence-corrected chi connectivity index (χ0v) is 71.6. The van der Waals surface area contributed by atoms with Crippen molar-refractivity contribution in [2.24, 2.45) is 0 Å². The number of thiophene rings is 6. The van der Waals surface area contributed by atoms with Crippen LogP contribution in [-0.4, -0.2) is 196 Å². The van der Waals surface area contributed by atoms with E-state index in [2.05, 4.69) is 79.0 Å². The fourth-order valence-corrected chi connectivity index (χ4v) is 20.7. The van der Waals surface area contributed by atoms with Crippen LogP contribution in [-0.2, 0) is 42.0 Å². The van der Waals surface area contributed by atoms with E-state index in [1.165, 1.54) is 71.9 Å². The van der Waals surface area contributed by atoms with E-state index in [4.69, 9.17) is 25.5 Å². The Bertz CT molecular complexity index is 4680. The van der Waals surface area contributed by atoms with Gasteiger partial charge in [-0.05, 0) is 184 Å². The number of hydrogen-bond acceptors (Lipinski definition) is 30. The molecule has 26 nitrogen and oxygen atoms in total. The molecule has 604 valence electrons. The smallest absolute Gasteiger partial charge is 0.319 e. The molecule has 10 aromatic heterocycles. The summed E-state index contributed by atoms with van der Waals surface area (Å²) < 4.78 is 66.3. The summed E-state index contributed by atoms with van der Waals surface area (Å²) in [5.41, 5.74) is 10.2. The van der Waals surface area contributed by atoms with E-state index in [0.29, 0.717) is 45.1 Å². The van der Waals surface area contributed by atoms with Crippen LogP contribution >= 0.6 is 79.6 Å². The Morgan fingerprint density at radius 3 is 1.86 bits per heavy atom. The fraction of sp³-hybridized carbons (Fsp3) is 0.429. The van der Waals surface area contributed by atoms with Crippen molar-refractivity contribution in [2.45, 2.75) is 115 Å². The van der Waals surface area contributed by atoms with E-state index < -0.39 is 19.7 Å². The van der Waals surface area contributed by atoms with Gasteiger partial charge in [-0.3, -0.25) is 54.3 Å². The van der Waals surface area contributed by atoms with E-state index in [0.717, 1.165) is 169 Å². The molecule has 0 bridgehead atoms. The van der Waals surface area contributed by atoms with Gasteiger partial charge in [-0.25, -0.2) is 22.3 Å². The number of amides is 2. The monoisotopic (exact) mass is 1700 g/mol. The first-order valence-corrected chi connectivity index (χ1v) is 45.3. The topological polar surface area (TPSA) is 327 Å². The number of nitrogens with zero attached hydrogens (tertiary/aromatic N) is 9. The molecule has 2 amide bonds. The van der Waals surface area contributed by atoms with Gasteiger partial charge in [0.2, 0.25) is 26.1 Å². The number of sulfone groups is 2. The van der Waals surface area contributed by atoms with E-state index >= 15 is 0 Å². The molecule has 3 fully saturated rings. The van der Waals surface area contributed by atoms with E-state index in [-0.39, 0.29) is 47.2 Å². The Kier molecular flexibility index (Phi) is 37.9. The van der Waals surface area contributed by atoms with Gasteiger partial charge in [0.15, 0.2) is 11.6 Å². The lowest BCUT2D eigenvalue weighted by atomic mass is 10.1. The van der Waals surface area contributed by atoms with Crippen molar-refractivity contribution < 1.29 is 49.9 Å². The Morgan fingerprint density at radius 2 is 1.28 bits per heavy atom. The standard InChI is InChI=1S/C14H18N4OS.C13H13ClN2OS.C13H18N4O3S2.C13H20N2O2S.C12H14N2O2S2.C12H17NO2S/c1-3-11-8-13(20-10(11)2)14(19)18-17-5-4-12-9-15-6-7-16-12;1-9-11(14)8-13(18-9)12(17)4-7-16-10-2-5-15-6-3-10;1-10-2-3-12(21-10)22(18,19)9-17(13-16-15-8-20-13)11-4-6-14-7-5-11;1-11-3-4-12(18-11)13(16)14-5-2-6-15-7-9-17-10-8-15;1-9-6-10(2)17-12(9)18(15,16)8-14-11-4-3-5-13-7-11;1-10-2-3-12(16-10)11(14)4-5-13-6-8-15-9-7-13/h6-9,17H,3-5H2,1-2H3,(H,18,19);2-3,5-6,8H,4,7H2,1H3,(H,15,16);2-3,8,11,14H,4-7,9H2,1H3;3-4H,2,5-10H2,1H3,(H,14,16);3-7,14H,8H2,1-2H3;2-3H,4-9H2,1H3. The van der Waals surface area contributed by atoms with Gasteiger partial charge in [0.1, 0.15) is 20.2 Å². The number of morpholine rings is 2. The highest BCUT2D eigenvalue weighted by Crippen LogP contribution is 2.30. The maximum atomic E-state index is 12.7. The minimum Gasteiger partial charge on any atom is -0.411 e. The number of Topliss-reactive ketones (excluding diaryl/α,β-unsaturated/α-hetero) is 2. The number of carbonyl (C=O) groups is 4. The molecule has 13 heterocycles. The average Bonchev–Trinajstić information content (AvgIpc) is 1.68. The molecule has 6 N–H and O–H groups in total. The number of ketones is 2. The molecule has 0 spiro atoms. The largest absolute Gasteiger partial charge is 0.411 e. The number of pyridine rings is 2. The van der Waals surface area contributed by atoms with Crippen molar-refractivity contribution >= 4 is 140 Å². The highest BCUT2D eigenvalue weighted by molar-refractivity contribution is 7.93. The van der Waals surface area contributed by atoms with Crippen LogP contribution in [0.15, 0.2) is 141 Å². The van der Waals surface area contributed by atoms with Gasteiger partial charge in [0, 0.05) is 156 Å². The van der Waals surface area contributed by atoms with Gasteiger partial charge in [-0.15, -0.1) is 73.1 Å². The number of carbonyl (C=O) groups excluding carboxylic acids is 4. The number of halogens is 1. The third kappa shape index (κ3) is 30.9. The Morgan fingerprint density at radius 1 is 0.616 bits per heavy atom. The summed E-state index contributed by atoms with van der Waals surface area (Å²) in [6.45, 7) is 28.5. The number of aromatic nitrogens is 6. The molecule has 0 aliphatic carbocycles. The van der Waals surface area contributed by atoms with Crippen LogP contribution < -0.4 is 37.0 Å². The third-order valence-electron chi connectivity index (χ3n) is 17.3. The second-order valence-corrected chi connectivity index (χ2v) is 38.4. The van der Waals surface area contributed by atoms with Gasteiger partial charge in [0.25, 0.3) is 11.8 Å². The van der Waals surface area contributed by atoms with Crippen molar-refractivity contribution in [3.05, 3.63) is 199 Å². The van der Waals surface area contributed by atoms with Crippen LogP contribution in [0.3, 0.4) is 0 Å². The van der Waals surface area contributed by atoms with E-state index in [1.54, 1.807) is 95.2 Å². The average molecular weight is 1700 g/mol. The SMILES string of the molecule is CCc1cc(C(=O)NNCCc2cnccn2)sc1C.Cc1cc(C)c(S(=O)(=O)CNc2cccnc2)s1.Cc1ccc(C(=O)CCN2CCOCC2)s1.Cc1ccc(C(=O)NCCCN2CCOCC2)s1.Cc1ccc(S(=O)(=O)CN(c2nnco2)C2CCNCC2)s1.Cc1sc(C(=O)CCNc2ccncc2)cc1Cl. The summed E-state index contributed by atoms with van der Waals surface area (Å²) in [4.78, 5) is 79.6. The molecule has 0 atom stereocenters. The number of aryl methyl sites for hydroxylation is 8. The minimum absolute atomic E-state index is 0.0510. The number of hydrazine groups is 1. The van der Waals surface area contributed by atoms with Crippen LogP contribution in [0.5, 0.6) is 0 Å². The van der Waals surface area contributed by atoms with Gasteiger partial charge < -0.3 is 40.1 Å². The molecule has 3 aliphatic rings. The minimum atomic E-state index is -3.42. The molecule has 13 rings (SSSR count). The normalized spacial score (nSPS) is 13.9. The van der Waals surface area contributed by atoms with Crippen molar-refractivity contribution in [3.63, 3.8) is 0 Å². The van der Waals surface area contributed by atoms with Crippen molar-refractivity contribution in [3.8, 4) is 0 Å². The number of rotatable bonds is 29. The first-order chi connectivity index (χ1) is 53.9. The first-order valence-electron chi connectivity index (χ1n) is 36.7. The lowest BCUT2D eigenvalue weighted by molar-refractivity contribution is 0.0370. The Hall–Kier alpha value is -7.65. The van der Waals surface area contributed by atoms with E-state index in [1.807, 2.05) is 103 Å². The van der Waals surface area contributed by atoms with Crippen LogP contribution in [0.25, 0.3) is 0 Å². The zero-order chi connectivity index (χ0) is 80.3. The van der Waals surface area contributed by atoms with Crippen LogP contribution in [0.1, 0.15) is 124 Å². The maximum absolute atomic E-state index is 12.7. The van der Waals surface area contributed by atoms with Crippen LogP contribution in [0.2, 0.25) is 5.02 Å². The zero-order valence-electron chi connectivity index (χ0n) is 64.3. The molecule has 3 aliphatic heterocycles.